The molecule has 0 aliphatic carbocycles. The summed E-state index contributed by atoms with van der Waals surface area (Å²) in [6.45, 7) is 1.28. The number of amides is 1. The largest absolute Gasteiger partial charge is 0.453 e. The number of methoxy groups -OCH3 is 1. The van der Waals surface area contributed by atoms with E-state index in [0.717, 1.165) is 12.8 Å². The molecule has 0 unspecified atom stereocenters. The van der Waals surface area contributed by atoms with Gasteiger partial charge in [0.2, 0.25) is 10.0 Å². The van der Waals surface area contributed by atoms with Crippen molar-refractivity contribution in [2.75, 3.05) is 32.5 Å². The van der Waals surface area contributed by atoms with Crippen LogP contribution in [0.3, 0.4) is 0 Å². The molecular weight excluding hydrogens is 220 g/mol. The number of ether oxygens (including phenoxy) is 1. The molecule has 0 spiro atoms. The Hall–Kier alpha value is -0.820. The van der Waals surface area contributed by atoms with Crippen molar-refractivity contribution in [3.63, 3.8) is 0 Å². The topological polar surface area (TPSA) is 75.7 Å². The fourth-order valence-electron chi connectivity index (χ4n) is 1.45. The summed E-state index contributed by atoms with van der Waals surface area (Å²) in [5, 5.41) is 2.34. The van der Waals surface area contributed by atoms with Gasteiger partial charge in [-0.3, -0.25) is 0 Å². The van der Waals surface area contributed by atoms with Crippen LogP contribution >= 0.6 is 0 Å². The summed E-state index contributed by atoms with van der Waals surface area (Å²) in [7, 11) is -1.96. The molecular formula is C8H16N2O4S. The molecule has 7 heteroatoms. The van der Waals surface area contributed by atoms with Crippen molar-refractivity contribution in [2.45, 2.75) is 12.8 Å². The monoisotopic (exact) mass is 236 g/mol. The van der Waals surface area contributed by atoms with Crippen molar-refractivity contribution >= 4 is 16.1 Å². The number of hydrogen-bond donors (Lipinski definition) is 1. The highest BCUT2D eigenvalue weighted by atomic mass is 32.2. The number of nitrogens with one attached hydrogen (secondary N) is 1. The minimum atomic E-state index is -3.20. The van der Waals surface area contributed by atoms with Gasteiger partial charge in [-0.25, -0.2) is 17.5 Å². The van der Waals surface area contributed by atoms with E-state index >= 15 is 0 Å². The summed E-state index contributed by atoms with van der Waals surface area (Å²) in [6.07, 6.45) is 1.24. The number of alkyl carbamates (subject to hydrolysis) is 1. The SMILES string of the molecule is COC(=O)NCCS(=O)(=O)N1CCCC1. The van der Waals surface area contributed by atoms with E-state index in [-0.39, 0.29) is 12.3 Å². The minimum Gasteiger partial charge on any atom is -0.453 e. The lowest BCUT2D eigenvalue weighted by Gasteiger charge is -2.15. The molecule has 0 aromatic heterocycles. The average Bonchev–Trinajstić information content (AvgIpc) is 2.70. The zero-order valence-electron chi connectivity index (χ0n) is 8.73. The standard InChI is InChI=1S/C8H16N2O4S/c1-14-8(11)9-4-7-15(12,13)10-5-2-3-6-10/h2-7H2,1H3,(H,9,11). The van der Waals surface area contributed by atoms with E-state index in [4.69, 9.17) is 0 Å². The van der Waals surface area contributed by atoms with Crippen LogP contribution in [0.1, 0.15) is 12.8 Å². The average molecular weight is 236 g/mol. The molecule has 1 amide bonds. The van der Waals surface area contributed by atoms with Crippen LogP contribution < -0.4 is 5.32 Å². The number of sulfonamides is 1. The molecule has 1 aliphatic rings. The Labute approximate surface area is 89.6 Å². The van der Waals surface area contributed by atoms with Gasteiger partial charge in [0.25, 0.3) is 0 Å². The van der Waals surface area contributed by atoms with Gasteiger partial charge in [0, 0.05) is 19.6 Å². The van der Waals surface area contributed by atoms with Crippen LogP contribution in [-0.4, -0.2) is 51.3 Å². The molecule has 0 saturated carbocycles. The van der Waals surface area contributed by atoms with Crippen LogP contribution in [0.15, 0.2) is 0 Å². The molecule has 1 saturated heterocycles. The first-order chi connectivity index (χ1) is 7.06. The Morgan fingerprint density at radius 1 is 1.40 bits per heavy atom. The van der Waals surface area contributed by atoms with Gasteiger partial charge in [-0.15, -0.1) is 0 Å². The highest BCUT2D eigenvalue weighted by molar-refractivity contribution is 7.89. The Morgan fingerprint density at radius 2 is 2.00 bits per heavy atom. The third-order valence-electron chi connectivity index (χ3n) is 2.27. The van der Waals surface area contributed by atoms with Crippen molar-refractivity contribution in [1.82, 2.24) is 9.62 Å². The summed E-state index contributed by atoms with van der Waals surface area (Å²) in [5.74, 6) is -0.0674. The molecule has 0 bridgehead atoms. The number of carbonyl (C=O) groups is 1. The second-order valence-corrected chi connectivity index (χ2v) is 5.43. The zero-order valence-corrected chi connectivity index (χ0v) is 9.55. The van der Waals surface area contributed by atoms with Crippen LogP contribution in [0.5, 0.6) is 0 Å². The Bertz CT molecular complexity index is 309. The predicted octanol–water partition coefficient (Wildman–Crippen LogP) is -0.232. The van der Waals surface area contributed by atoms with E-state index in [1.807, 2.05) is 0 Å². The molecule has 1 aliphatic heterocycles. The van der Waals surface area contributed by atoms with Crippen LogP contribution in [0.4, 0.5) is 4.79 Å². The lowest BCUT2D eigenvalue weighted by atomic mass is 10.4. The maximum atomic E-state index is 11.6. The molecule has 1 rings (SSSR count). The summed E-state index contributed by atoms with van der Waals surface area (Å²) in [4.78, 5) is 10.7. The van der Waals surface area contributed by atoms with Gasteiger partial charge in [0.05, 0.1) is 12.9 Å². The fraction of sp³-hybridized carbons (Fsp3) is 0.875. The Kier molecular flexibility index (Phi) is 4.34. The van der Waals surface area contributed by atoms with Crippen LogP contribution in [0, 0.1) is 0 Å². The number of rotatable bonds is 4. The minimum absolute atomic E-state index is 0.0674. The second kappa shape index (κ2) is 5.32. The molecule has 88 valence electrons. The van der Waals surface area contributed by atoms with Gasteiger partial charge in [-0.1, -0.05) is 0 Å². The third kappa shape index (κ3) is 3.67. The van der Waals surface area contributed by atoms with Crippen molar-refractivity contribution in [2.24, 2.45) is 0 Å². The van der Waals surface area contributed by atoms with E-state index in [1.54, 1.807) is 0 Å². The fourth-order valence-corrected chi connectivity index (χ4v) is 2.88. The second-order valence-electron chi connectivity index (χ2n) is 3.34. The maximum absolute atomic E-state index is 11.6. The Morgan fingerprint density at radius 3 is 2.53 bits per heavy atom. The number of carbonyl (C=O) groups excluding carboxylic acids is 1. The first-order valence-electron chi connectivity index (χ1n) is 4.86. The molecule has 1 fully saturated rings. The van der Waals surface area contributed by atoms with Gasteiger partial charge < -0.3 is 10.1 Å². The lowest BCUT2D eigenvalue weighted by Crippen LogP contribution is -2.36. The van der Waals surface area contributed by atoms with Crippen molar-refractivity contribution in [3.8, 4) is 0 Å². The van der Waals surface area contributed by atoms with Crippen LogP contribution in [0.25, 0.3) is 0 Å². The summed E-state index contributed by atoms with van der Waals surface area (Å²) in [5.41, 5.74) is 0. The van der Waals surface area contributed by atoms with E-state index < -0.39 is 16.1 Å². The van der Waals surface area contributed by atoms with Crippen molar-refractivity contribution in [3.05, 3.63) is 0 Å². The highest BCUT2D eigenvalue weighted by Crippen LogP contribution is 2.12. The van der Waals surface area contributed by atoms with Gasteiger partial charge in [-0.05, 0) is 12.8 Å². The van der Waals surface area contributed by atoms with E-state index in [2.05, 4.69) is 10.1 Å². The Balaban J connectivity index is 2.33. The summed E-state index contributed by atoms with van der Waals surface area (Å²) in [6, 6.07) is 0. The molecule has 1 N–H and O–H groups in total. The van der Waals surface area contributed by atoms with Gasteiger partial charge in [-0.2, -0.15) is 0 Å². The van der Waals surface area contributed by atoms with Crippen LogP contribution in [-0.2, 0) is 14.8 Å². The van der Waals surface area contributed by atoms with Gasteiger partial charge in [0.15, 0.2) is 0 Å². The molecule has 0 radical (unpaired) electrons. The molecule has 0 aromatic rings. The summed E-state index contributed by atoms with van der Waals surface area (Å²) < 4.78 is 29.1. The molecule has 6 nitrogen and oxygen atoms in total. The van der Waals surface area contributed by atoms with Crippen molar-refractivity contribution in [1.29, 1.82) is 0 Å². The zero-order chi connectivity index (χ0) is 11.3. The third-order valence-corrected chi connectivity index (χ3v) is 4.15. The van der Waals surface area contributed by atoms with Gasteiger partial charge in [0.1, 0.15) is 0 Å². The molecule has 15 heavy (non-hydrogen) atoms. The van der Waals surface area contributed by atoms with E-state index in [1.165, 1.54) is 11.4 Å². The number of nitrogens with zero attached hydrogens (tertiary/aromatic N) is 1. The van der Waals surface area contributed by atoms with E-state index in [0.29, 0.717) is 13.1 Å². The van der Waals surface area contributed by atoms with Crippen molar-refractivity contribution < 1.29 is 17.9 Å². The molecule has 1 heterocycles. The summed E-state index contributed by atoms with van der Waals surface area (Å²) >= 11 is 0. The molecule has 0 atom stereocenters. The highest BCUT2D eigenvalue weighted by Gasteiger charge is 2.24. The smallest absolute Gasteiger partial charge is 0.406 e. The number of hydrogen-bond acceptors (Lipinski definition) is 4. The first-order valence-corrected chi connectivity index (χ1v) is 6.47. The maximum Gasteiger partial charge on any atom is 0.406 e. The first kappa shape index (κ1) is 12.3. The quantitative estimate of drug-likeness (QED) is 0.731. The van der Waals surface area contributed by atoms with Gasteiger partial charge >= 0.3 is 6.09 Å². The normalized spacial score (nSPS) is 17.7. The lowest BCUT2D eigenvalue weighted by molar-refractivity contribution is 0.171. The predicted molar refractivity (Wildman–Crippen MR) is 55.0 cm³/mol. The van der Waals surface area contributed by atoms with Crippen LogP contribution in [0.2, 0.25) is 0 Å². The van der Waals surface area contributed by atoms with E-state index in [9.17, 15) is 13.2 Å². The molecule has 0 aromatic carbocycles.